The van der Waals surface area contributed by atoms with Gasteiger partial charge in [-0.1, -0.05) is 13.0 Å². The van der Waals surface area contributed by atoms with E-state index in [2.05, 4.69) is 17.3 Å². The van der Waals surface area contributed by atoms with E-state index in [1.807, 2.05) is 26.0 Å². The van der Waals surface area contributed by atoms with E-state index < -0.39 is 0 Å². The molecule has 1 heterocycles. The molecule has 2 aromatic rings. The highest BCUT2D eigenvalue weighted by Crippen LogP contribution is 2.17. The van der Waals surface area contributed by atoms with Gasteiger partial charge < -0.3 is 5.32 Å². The van der Waals surface area contributed by atoms with Crippen molar-refractivity contribution in [3.8, 4) is 5.69 Å². The summed E-state index contributed by atoms with van der Waals surface area (Å²) in [5, 5.41) is 7.57. The second kappa shape index (κ2) is 5.97. The fraction of sp³-hybridized carbons (Fsp3) is 0.400. The van der Waals surface area contributed by atoms with Crippen LogP contribution in [0.25, 0.3) is 5.69 Å². The molecule has 0 amide bonds. The summed E-state index contributed by atoms with van der Waals surface area (Å²) in [4.78, 5) is 0. The molecule has 0 atom stereocenters. The number of rotatable bonds is 5. The maximum absolute atomic E-state index is 14.1. The molecule has 4 heteroatoms. The largest absolute Gasteiger partial charge is 0.313 e. The zero-order chi connectivity index (χ0) is 13.8. The summed E-state index contributed by atoms with van der Waals surface area (Å²) >= 11 is 0. The Balaban J connectivity index is 2.22. The van der Waals surface area contributed by atoms with Crippen molar-refractivity contribution in [2.75, 3.05) is 6.54 Å². The number of nitrogens with one attached hydrogen (secondary N) is 1. The average Bonchev–Trinajstić information content (AvgIpc) is 2.69. The maximum atomic E-state index is 14.1. The first-order chi connectivity index (χ1) is 9.11. The van der Waals surface area contributed by atoms with Crippen LogP contribution in [-0.4, -0.2) is 16.3 Å². The van der Waals surface area contributed by atoms with Gasteiger partial charge in [-0.25, -0.2) is 9.07 Å². The highest BCUT2D eigenvalue weighted by atomic mass is 19.1. The van der Waals surface area contributed by atoms with Crippen LogP contribution in [0.3, 0.4) is 0 Å². The molecule has 0 aliphatic carbocycles. The van der Waals surface area contributed by atoms with Crippen LogP contribution >= 0.6 is 0 Å². The molecule has 0 saturated carbocycles. The summed E-state index contributed by atoms with van der Waals surface area (Å²) in [6, 6.07) is 7.25. The minimum atomic E-state index is -0.234. The summed E-state index contributed by atoms with van der Waals surface area (Å²) in [6.07, 6.45) is 1.08. The highest BCUT2D eigenvalue weighted by molar-refractivity contribution is 5.37. The minimum absolute atomic E-state index is 0.234. The van der Waals surface area contributed by atoms with E-state index in [0.29, 0.717) is 12.2 Å². The molecule has 0 fully saturated rings. The van der Waals surface area contributed by atoms with Gasteiger partial charge in [0.25, 0.3) is 0 Å². The van der Waals surface area contributed by atoms with E-state index in [-0.39, 0.29) is 5.82 Å². The predicted octanol–water partition coefficient (Wildman–Crippen LogP) is 3.13. The molecule has 1 aromatic carbocycles. The second-order valence-electron chi connectivity index (χ2n) is 4.80. The van der Waals surface area contributed by atoms with Crippen LogP contribution in [-0.2, 0) is 6.54 Å². The summed E-state index contributed by atoms with van der Waals surface area (Å²) in [5.74, 6) is -0.234. The summed E-state index contributed by atoms with van der Waals surface area (Å²) in [6.45, 7) is 7.59. The Labute approximate surface area is 113 Å². The summed E-state index contributed by atoms with van der Waals surface area (Å²) in [7, 11) is 0. The fourth-order valence-electron chi connectivity index (χ4n) is 2.11. The van der Waals surface area contributed by atoms with E-state index in [1.54, 1.807) is 16.8 Å². The van der Waals surface area contributed by atoms with Crippen LogP contribution in [0.4, 0.5) is 4.39 Å². The lowest BCUT2D eigenvalue weighted by molar-refractivity contribution is 0.601. The Kier molecular flexibility index (Phi) is 4.32. The van der Waals surface area contributed by atoms with Gasteiger partial charge in [-0.15, -0.1) is 0 Å². The van der Waals surface area contributed by atoms with Crippen LogP contribution in [0.15, 0.2) is 24.3 Å². The quantitative estimate of drug-likeness (QED) is 0.838. The minimum Gasteiger partial charge on any atom is -0.313 e. The van der Waals surface area contributed by atoms with Crippen LogP contribution < -0.4 is 5.32 Å². The molecule has 0 spiro atoms. The van der Waals surface area contributed by atoms with Gasteiger partial charge in [-0.2, -0.15) is 5.10 Å². The zero-order valence-electron chi connectivity index (χ0n) is 11.7. The van der Waals surface area contributed by atoms with E-state index in [4.69, 9.17) is 0 Å². The Hall–Kier alpha value is -1.68. The van der Waals surface area contributed by atoms with Crippen LogP contribution in [0.2, 0.25) is 0 Å². The molecular formula is C15H20FN3. The number of halogens is 1. The van der Waals surface area contributed by atoms with Gasteiger partial charge in [0.1, 0.15) is 11.5 Å². The lowest BCUT2D eigenvalue weighted by Gasteiger charge is -2.08. The molecule has 1 N–H and O–H groups in total. The van der Waals surface area contributed by atoms with Gasteiger partial charge in [-0.3, -0.25) is 0 Å². The van der Waals surface area contributed by atoms with Gasteiger partial charge in [0.15, 0.2) is 0 Å². The molecule has 0 aliphatic heterocycles. The number of aromatic nitrogens is 2. The van der Waals surface area contributed by atoms with Crippen LogP contribution in [0, 0.1) is 19.7 Å². The number of nitrogens with zero attached hydrogens (tertiary/aromatic N) is 2. The Bertz CT molecular complexity index is 561. The Morgan fingerprint density at radius 2 is 2.05 bits per heavy atom. The molecular weight excluding hydrogens is 241 g/mol. The van der Waals surface area contributed by atoms with Gasteiger partial charge in [0.05, 0.1) is 5.69 Å². The number of hydrogen-bond acceptors (Lipinski definition) is 2. The summed E-state index contributed by atoms with van der Waals surface area (Å²) < 4.78 is 15.8. The van der Waals surface area contributed by atoms with Crippen molar-refractivity contribution in [2.24, 2.45) is 0 Å². The van der Waals surface area contributed by atoms with Crippen molar-refractivity contribution in [3.05, 3.63) is 47.0 Å². The monoisotopic (exact) mass is 261 g/mol. The number of hydrogen-bond donors (Lipinski definition) is 1. The van der Waals surface area contributed by atoms with E-state index in [0.717, 1.165) is 29.9 Å². The van der Waals surface area contributed by atoms with Gasteiger partial charge >= 0.3 is 0 Å². The topological polar surface area (TPSA) is 29.9 Å². The maximum Gasteiger partial charge on any atom is 0.149 e. The predicted molar refractivity (Wildman–Crippen MR) is 75.0 cm³/mol. The van der Waals surface area contributed by atoms with Crippen molar-refractivity contribution < 1.29 is 4.39 Å². The molecule has 0 bridgehead atoms. The molecule has 0 aliphatic rings. The molecule has 0 radical (unpaired) electrons. The normalized spacial score (nSPS) is 10.9. The zero-order valence-corrected chi connectivity index (χ0v) is 11.7. The molecule has 0 saturated heterocycles. The molecule has 102 valence electrons. The van der Waals surface area contributed by atoms with E-state index >= 15 is 0 Å². The Morgan fingerprint density at radius 1 is 1.26 bits per heavy atom. The van der Waals surface area contributed by atoms with Crippen molar-refractivity contribution in [1.29, 1.82) is 0 Å². The van der Waals surface area contributed by atoms with Gasteiger partial charge in [0.2, 0.25) is 0 Å². The van der Waals surface area contributed by atoms with Crippen molar-refractivity contribution >= 4 is 0 Å². The van der Waals surface area contributed by atoms with Gasteiger partial charge in [-0.05, 0) is 50.6 Å². The standard InChI is InChI=1S/C15H20FN3/c1-4-7-17-10-13-5-6-15(14(16)9-13)19-12(3)8-11(2)18-19/h5-6,8-9,17H,4,7,10H2,1-3H3. The molecule has 1 aromatic heterocycles. The number of benzene rings is 1. The first kappa shape index (κ1) is 13.7. The first-order valence-electron chi connectivity index (χ1n) is 6.64. The second-order valence-corrected chi connectivity index (χ2v) is 4.80. The van der Waals surface area contributed by atoms with E-state index in [1.165, 1.54) is 0 Å². The van der Waals surface area contributed by atoms with Gasteiger partial charge in [0, 0.05) is 12.2 Å². The third kappa shape index (κ3) is 3.20. The third-order valence-corrected chi connectivity index (χ3v) is 3.01. The van der Waals surface area contributed by atoms with Crippen molar-refractivity contribution in [3.63, 3.8) is 0 Å². The van der Waals surface area contributed by atoms with Crippen LogP contribution in [0.1, 0.15) is 30.3 Å². The molecule has 19 heavy (non-hydrogen) atoms. The molecule has 2 rings (SSSR count). The Morgan fingerprint density at radius 3 is 2.63 bits per heavy atom. The highest BCUT2D eigenvalue weighted by Gasteiger charge is 2.09. The fourth-order valence-corrected chi connectivity index (χ4v) is 2.11. The smallest absolute Gasteiger partial charge is 0.149 e. The molecule has 3 nitrogen and oxygen atoms in total. The first-order valence-corrected chi connectivity index (χ1v) is 6.64. The van der Waals surface area contributed by atoms with Crippen molar-refractivity contribution in [1.82, 2.24) is 15.1 Å². The molecule has 0 unspecified atom stereocenters. The lowest BCUT2D eigenvalue weighted by Crippen LogP contribution is -2.14. The SMILES string of the molecule is CCCNCc1ccc(-n2nc(C)cc2C)c(F)c1. The van der Waals surface area contributed by atoms with Crippen LogP contribution in [0.5, 0.6) is 0 Å². The third-order valence-electron chi connectivity index (χ3n) is 3.01. The van der Waals surface area contributed by atoms with Crippen molar-refractivity contribution in [2.45, 2.75) is 33.7 Å². The average molecular weight is 261 g/mol. The van der Waals surface area contributed by atoms with E-state index in [9.17, 15) is 4.39 Å². The summed E-state index contributed by atoms with van der Waals surface area (Å²) in [5.41, 5.74) is 3.29. The lowest BCUT2D eigenvalue weighted by atomic mass is 10.2. The number of aryl methyl sites for hydroxylation is 2.